The van der Waals surface area contributed by atoms with Gasteiger partial charge in [-0.2, -0.15) is 0 Å². The molecule has 1 saturated carbocycles. The van der Waals surface area contributed by atoms with Crippen molar-refractivity contribution in [2.75, 3.05) is 26.8 Å². The Morgan fingerprint density at radius 1 is 1.37 bits per heavy atom. The summed E-state index contributed by atoms with van der Waals surface area (Å²) in [7, 11) is 1.61. The molecule has 3 unspecified atom stereocenters. The Labute approximate surface area is 114 Å². The minimum atomic E-state index is -0.501. The van der Waals surface area contributed by atoms with Crippen molar-refractivity contribution in [1.29, 1.82) is 0 Å². The molecule has 0 bridgehead atoms. The molecular formula is C15H23NO3. The lowest BCUT2D eigenvalue weighted by Gasteiger charge is -2.14. The number of hydrogen-bond donors (Lipinski definition) is 2. The summed E-state index contributed by atoms with van der Waals surface area (Å²) in [5.74, 6) is 2.99. The molecule has 1 aromatic carbocycles. The van der Waals surface area contributed by atoms with Crippen LogP contribution in [0.4, 0.5) is 0 Å². The molecule has 2 rings (SSSR count). The number of benzene rings is 1. The predicted octanol–water partition coefficient (Wildman–Crippen LogP) is 1.68. The lowest BCUT2D eigenvalue weighted by Crippen LogP contribution is -2.32. The Hall–Kier alpha value is -1.26. The van der Waals surface area contributed by atoms with Crippen LogP contribution < -0.4 is 14.8 Å². The largest absolute Gasteiger partial charge is 0.493 e. The lowest BCUT2D eigenvalue weighted by molar-refractivity contribution is 0.104. The topological polar surface area (TPSA) is 50.7 Å². The SMILES string of the molecule is COc1ccccc1OCC(O)CNCC1CC1C. The first-order valence-electron chi connectivity index (χ1n) is 6.85. The molecule has 0 spiro atoms. The number of aliphatic hydroxyl groups excluding tert-OH is 1. The molecule has 3 atom stereocenters. The van der Waals surface area contributed by atoms with Gasteiger partial charge in [0.1, 0.15) is 12.7 Å². The first-order chi connectivity index (χ1) is 9.20. The van der Waals surface area contributed by atoms with E-state index in [1.807, 2.05) is 24.3 Å². The molecular weight excluding hydrogens is 242 g/mol. The second kappa shape index (κ2) is 6.78. The third kappa shape index (κ3) is 4.40. The number of aliphatic hydroxyl groups is 1. The van der Waals surface area contributed by atoms with Crippen molar-refractivity contribution in [1.82, 2.24) is 5.32 Å². The second-order valence-electron chi connectivity index (χ2n) is 5.25. The molecule has 2 N–H and O–H groups in total. The van der Waals surface area contributed by atoms with Crippen molar-refractivity contribution < 1.29 is 14.6 Å². The second-order valence-corrected chi connectivity index (χ2v) is 5.25. The zero-order chi connectivity index (χ0) is 13.7. The van der Waals surface area contributed by atoms with E-state index in [2.05, 4.69) is 12.2 Å². The minimum Gasteiger partial charge on any atom is -0.493 e. The Kier molecular flexibility index (Phi) is 5.05. The van der Waals surface area contributed by atoms with Gasteiger partial charge in [-0.05, 0) is 36.9 Å². The van der Waals surface area contributed by atoms with E-state index in [-0.39, 0.29) is 6.61 Å². The van der Waals surface area contributed by atoms with Crippen LogP contribution in [0.5, 0.6) is 11.5 Å². The fourth-order valence-corrected chi connectivity index (χ4v) is 2.10. The van der Waals surface area contributed by atoms with Gasteiger partial charge in [0.05, 0.1) is 7.11 Å². The Morgan fingerprint density at radius 3 is 2.68 bits per heavy atom. The zero-order valence-electron chi connectivity index (χ0n) is 11.6. The first-order valence-corrected chi connectivity index (χ1v) is 6.85. The summed E-state index contributed by atoms with van der Waals surface area (Å²) in [6.45, 7) is 4.09. The quantitative estimate of drug-likeness (QED) is 0.751. The van der Waals surface area contributed by atoms with E-state index in [0.717, 1.165) is 18.4 Å². The molecule has 1 aliphatic rings. The molecule has 1 fully saturated rings. The van der Waals surface area contributed by atoms with Gasteiger partial charge in [0, 0.05) is 6.54 Å². The van der Waals surface area contributed by atoms with Gasteiger partial charge in [0.15, 0.2) is 11.5 Å². The summed E-state index contributed by atoms with van der Waals surface area (Å²) >= 11 is 0. The summed E-state index contributed by atoms with van der Waals surface area (Å²) in [5.41, 5.74) is 0. The van der Waals surface area contributed by atoms with Crippen LogP contribution in [-0.2, 0) is 0 Å². The molecule has 0 saturated heterocycles. The Balaban J connectivity index is 1.66. The Bertz CT molecular complexity index is 397. The molecule has 1 aliphatic carbocycles. The molecule has 0 heterocycles. The fourth-order valence-electron chi connectivity index (χ4n) is 2.10. The number of nitrogens with one attached hydrogen (secondary N) is 1. The highest BCUT2D eigenvalue weighted by Crippen LogP contribution is 2.36. The van der Waals surface area contributed by atoms with Crippen LogP contribution in [0, 0.1) is 11.8 Å². The van der Waals surface area contributed by atoms with Gasteiger partial charge >= 0.3 is 0 Å². The summed E-state index contributed by atoms with van der Waals surface area (Å²) in [5, 5.41) is 13.1. The zero-order valence-corrected chi connectivity index (χ0v) is 11.6. The highest BCUT2D eigenvalue weighted by Gasteiger charge is 2.31. The van der Waals surface area contributed by atoms with Gasteiger partial charge in [0.2, 0.25) is 0 Å². The fraction of sp³-hybridized carbons (Fsp3) is 0.600. The van der Waals surface area contributed by atoms with Gasteiger partial charge < -0.3 is 19.9 Å². The highest BCUT2D eigenvalue weighted by molar-refractivity contribution is 5.39. The summed E-state index contributed by atoms with van der Waals surface area (Å²) in [6.07, 6.45) is 0.805. The van der Waals surface area contributed by atoms with E-state index < -0.39 is 6.10 Å². The van der Waals surface area contributed by atoms with E-state index in [1.54, 1.807) is 7.11 Å². The number of ether oxygens (including phenoxy) is 2. The average molecular weight is 265 g/mol. The van der Waals surface area contributed by atoms with Crippen LogP contribution in [-0.4, -0.2) is 38.0 Å². The maximum absolute atomic E-state index is 9.84. The third-order valence-corrected chi connectivity index (χ3v) is 3.56. The van der Waals surface area contributed by atoms with Crippen molar-refractivity contribution in [2.45, 2.75) is 19.4 Å². The minimum absolute atomic E-state index is 0.271. The van der Waals surface area contributed by atoms with Crippen molar-refractivity contribution in [3.8, 4) is 11.5 Å². The lowest BCUT2D eigenvalue weighted by atomic mass is 10.3. The van der Waals surface area contributed by atoms with Gasteiger partial charge in [-0.1, -0.05) is 19.1 Å². The molecule has 19 heavy (non-hydrogen) atoms. The molecule has 0 radical (unpaired) electrons. The van der Waals surface area contributed by atoms with Crippen molar-refractivity contribution in [3.63, 3.8) is 0 Å². The van der Waals surface area contributed by atoms with Crippen LogP contribution in [0.2, 0.25) is 0 Å². The summed E-state index contributed by atoms with van der Waals surface area (Å²) in [6, 6.07) is 7.46. The normalized spacial score (nSPS) is 22.9. The number of hydrogen-bond acceptors (Lipinski definition) is 4. The molecule has 1 aromatic rings. The summed E-state index contributed by atoms with van der Waals surface area (Å²) < 4.78 is 10.8. The molecule has 106 valence electrons. The monoisotopic (exact) mass is 265 g/mol. The van der Waals surface area contributed by atoms with Crippen LogP contribution in [0.3, 0.4) is 0 Å². The van der Waals surface area contributed by atoms with Crippen LogP contribution in [0.1, 0.15) is 13.3 Å². The van der Waals surface area contributed by atoms with E-state index in [4.69, 9.17) is 9.47 Å². The smallest absolute Gasteiger partial charge is 0.161 e. The van der Waals surface area contributed by atoms with Gasteiger partial charge in [-0.15, -0.1) is 0 Å². The van der Waals surface area contributed by atoms with Gasteiger partial charge in [-0.3, -0.25) is 0 Å². The Morgan fingerprint density at radius 2 is 2.05 bits per heavy atom. The maximum atomic E-state index is 9.84. The average Bonchev–Trinajstić information content (AvgIpc) is 3.12. The maximum Gasteiger partial charge on any atom is 0.161 e. The number of para-hydroxylation sites is 2. The molecule has 4 nitrogen and oxygen atoms in total. The summed E-state index contributed by atoms with van der Waals surface area (Å²) in [4.78, 5) is 0. The molecule has 0 aromatic heterocycles. The molecule has 0 aliphatic heterocycles. The van der Waals surface area contributed by atoms with Crippen LogP contribution in [0.15, 0.2) is 24.3 Å². The van der Waals surface area contributed by atoms with Crippen LogP contribution >= 0.6 is 0 Å². The van der Waals surface area contributed by atoms with Crippen molar-refractivity contribution in [2.24, 2.45) is 11.8 Å². The molecule has 0 amide bonds. The highest BCUT2D eigenvalue weighted by atomic mass is 16.5. The van der Waals surface area contributed by atoms with Gasteiger partial charge in [-0.25, -0.2) is 0 Å². The van der Waals surface area contributed by atoms with Gasteiger partial charge in [0.25, 0.3) is 0 Å². The van der Waals surface area contributed by atoms with E-state index in [0.29, 0.717) is 18.0 Å². The van der Waals surface area contributed by atoms with Crippen molar-refractivity contribution >= 4 is 0 Å². The van der Waals surface area contributed by atoms with E-state index in [1.165, 1.54) is 6.42 Å². The molecule has 4 heteroatoms. The third-order valence-electron chi connectivity index (χ3n) is 3.56. The van der Waals surface area contributed by atoms with E-state index >= 15 is 0 Å². The predicted molar refractivity (Wildman–Crippen MR) is 74.6 cm³/mol. The first kappa shape index (κ1) is 14.2. The number of rotatable bonds is 8. The van der Waals surface area contributed by atoms with Crippen molar-refractivity contribution in [3.05, 3.63) is 24.3 Å². The standard InChI is InChI=1S/C15H23NO3/c1-11-7-12(11)8-16-9-13(17)10-19-15-6-4-3-5-14(15)18-2/h3-6,11-13,16-17H,7-10H2,1-2H3. The number of methoxy groups -OCH3 is 1. The van der Waals surface area contributed by atoms with Crippen LogP contribution in [0.25, 0.3) is 0 Å². The van der Waals surface area contributed by atoms with E-state index in [9.17, 15) is 5.11 Å².